The Bertz CT molecular complexity index is 436. The van der Waals surface area contributed by atoms with E-state index < -0.39 is 0 Å². The normalized spacial score (nSPS) is 20.4. The van der Waals surface area contributed by atoms with Gasteiger partial charge in [-0.2, -0.15) is 0 Å². The van der Waals surface area contributed by atoms with Gasteiger partial charge < -0.3 is 9.80 Å². The summed E-state index contributed by atoms with van der Waals surface area (Å²) in [6, 6.07) is 6.43. The number of hydrogen-bond donors (Lipinski definition) is 0. The van der Waals surface area contributed by atoms with Crippen LogP contribution >= 0.6 is 0 Å². The zero-order valence-corrected chi connectivity index (χ0v) is 11.5. The fraction of sp³-hybridized carbons (Fsp3) is 0.600. The van der Waals surface area contributed by atoms with E-state index in [4.69, 9.17) is 0 Å². The maximum absolute atomic E-state index is 12.1. The van der Waals surface area contributed by atoms with Gasteiger partial charge in [-0.1, -0.05) is 6.07 Å². The number of aromatic nitrogens is 1. The predicted octanol–water partition coefficient (Wildman–Crippen LogP) is 1.92. The Morgan fingerprint density at radius 1 is 1.26 bits per heavy atom. The molecule has 3 rings (SSSR count). The summed E-state index contributed by atoms with van der Waals surface area (Å²) in [5.41, 5.74) is 0. The van der Waals surface area contributed by atoms with Gasteiger partial charge in [-0.25, -0.2) is 4.98 Å². The van der Waals surface area contributed by atoms with Gasteiger partial charge in [0, 0.05) is 38.3 Å². The van der Waals surface area contributed by atoms with Gasteiger partial charge in [0.2, 0.25) is 5.91 Å². The fourth-order valence-electron chi connectivity index (χ4n) is 2.82. The van der Waals surface area contributed by atoms with Crippen LogP contribution in [0, 0.1) is 5.92 Å². The van der Waals surface area contributed by atoms with E-state index in [0.717, 1.165) is 44.6 Å². The summed E-state index contributed by atoms with van der Waals surface area (Å²) in [5.74, 6) is 1.74. The second kappa shape index (κ2) is 5.19. The number of carbonyl (C=O) groups is 1. The van der Waals surface area contributed by atoms with Gasteiger partial charge in [0.1, 0.15) is 5.82 Å². The molecule has 0 radical (unpaired) electrons. The van der Waals surface area contributed by atoms with Crippen LogP contribution in [-0.4, -0.2) is 42.0 Å². The third-order valence-electron chi connectivity index (χ3n) is 4.26. The summed E-state index contributed by atoms with van der Waals surface area (Å²) in [6.45, 7) is 1.98. The molecule has 2 heterocycles. The van der Waals surface area contributed by atoms with Gasteiger partial charge in [0.15, 0.2) is 0 Å². The van der Waals surface area contributed by atoms with E-state index in [1.165, 1.54) is 0 Å². The van der Waals surface area contributed by atoms with E-state index in [1.54, 1.807) is 0 Å². The standard InChI is InChI=1S/C15H21N3O/c1-17(15(19)12-5-6-12)13-7-10-18(11-8-13)14-4-2-3-9-16-14/h2-4,9,12-13H,5-8,10-11H2,1H3. The lowest BCUT2D eigenvalue weighted by molar-refractivity contribution is -0.133. The zero-order chi connectivity index (χ0) is 13.2. The Kier molecular flexibility index (Phi) is 3.40. The maximum atomic E-state index is 12.1. The molecular formula is C15H21N3O. The highest BCUT2D eigenvalue weighted by Crippen LogP contribution is 2.32. The lowest BCUT2D eigenvalue weighted by Crippen LogP contribution is -2.46. The highest BCUT2D eigenvalue weighted by molar-refractivity contribution is 5.81. The first kappa shape index (κ1) is 12.5. The molecule has 2 aliphatic rings. The predicted molar refractivity (Wildman–Crippen MR) is 75.0 cm³/mol. The Morgan fingerprint density at radius 3 is 2.58 bits per heavy atom. The van der Waals surface area contributed by atoms with Gasteiger partial charge in [-0.3, -0.25) is 4.79 Å². The molecule has 0 aromatic carbocycles. The van der Waals surface area contributed by atoms with Crippen LogP contribution < -0.4 is 4.90 Å². The molecule has 0 N–H and O–H groups in total. The Balaban J connectivity index is 1.55. The molecule has 4 nitrogen and oxygen atoms in total. The molecule has 0 unspecified atom stereocenters. The maximum Gasteiger partial charge on any atom is 0.225 e. The summed E-state index contributed by atoms with van der Waals surface area (Å²) in [5, 5.41) is 0. The number of carbonyl (C=O) groups excluding carboxylic acids is 1. The number of rotatable bonds is 3. The topological polar surface area (TPSA) is 36.4 Å². The van der Waals surface area contributed by atoms with Crippen molar-refractivity contribution in [2.75, 3.05) is 25.0 Å². The van der Waals surface area contributed by atoms with E-state index in [-0.39, 0.29) is 0 Å². The van der Waals surface area contributed by atoms with Gasteiger partial charge in [-0.15, -0.1) is 0 Å². The summed E-state index contributed by atoms with van der Waals surface area (Å²) in [6.07, 6.45) is 6.12. The number of pyridine rings is 1. The average Bonchev–Trinajstić information content (AvgIpc) is 3.31. The molecule has 1 saturated heterocycles. The molecule has 19 heavy (non-hydrogen) atoms. The Morgan fingerprint density at radius 2 is 2.00 bits per heavy atom. The molecule has 1 aliphatic heterocycles. The smallest absolute Gasteiger partial charge is 0.225 e. The van der Waals surface area contributed by atoms with Crippen molar-refractivity contribution in [1.29, 1.82) is 0 Å². The number of piperidine rings is 1. The van der Waals surface area contributed by atoms with Crippen LogP contribution in [0.5, 0.6) is 0 Å². The van der Waals surface area contributed by atoms with Crippen LogP contribution in [0.3, 0.4) is 0 Å². The molecule has 2 fully saturated rings. The molecule has 0 atom stereocenters. The first-order valence-electron chi connectivity index (χ1n) is 7.18. The first-order valence-corrected chi connectivity index (χ1v) is 7.18. The molecule has 1 aliphatic carbocycles. The van der Waals surface area contributed by atoms with Crippen molar-refractivity contribution in [3.8, 4) is 0 Å². The monoisotopic (exact) mass is 259 g/mol. The summed E-state index contributed by atoms with van der Waals surface area (Å²) >= 11 is 0. The van der Waals surface area contributed by atoms with Crippen molar-refractivity contribution in [1.82, 2.24) is 9.88 Å². The van der Waals surface area contributed by atoms with Crippen molar-refractivity contribution in [3.63, 3.8) is 0 Å². The summed E-state index contributed by atoms with van der Waals surface area (Å²) in [4.78, 5) is 20.8. The Hall–Kier alpha value is -1.58. The highest BCUT2D eigenvalue weighted by atomic mass is 16.2. The van der Waals surface area contributed by atoms with Crippen LogP contribution in [0.2, 0.25) is 0 Å². The van der Waals surface area contributed by atoms with Crippen molar-refractivity contribution >= 4 is 11.7 Å². The molecule has 4 heteroatoms. The molecule has 1 saturated carbocycles. The van der Waals surface area contributed by atoms with E-state index in [9.17, 15) is 4.79 Å². The summed E-state index contributed by atoms with van der Waals surface area (Å²) in [7, 11) is 1.97. The second-order valence-electron chi connectivity index (χ2n) is 5.63. The molecule has 0 spiro atoms. The minimum atomic E-state index is 0.332. The molecule has 1 aromatic heterocycles. The second-order valence-corrected chi connectivity index (χ2v) is 5.63. The van der Waals surface area contributed by atoms with Crippen molar-refractivity contribution in [3.05, 3.63) is 24.4 Å². The highest BCUT2D eigenvalue weighted by Gasteiger charge is 2.35. The number of nitrogens with zero attached hydrogens (tertiary/aromatic N) is 3. The van der Waals surface area contributed by atoms with Crippen LogP contribution in [0.15, 0.2) is 24.4 Å². The third-order valence-corrected chi connectivity index (χ3v) is 4.26. The fourth-order valence-corrected chi connectivity index (χ4v) is 2.82. The largest absolute Gasteiger partial charge is 0.356 e. The lowest BCUT2D eigenvalue weighted by atomic mass is 10.0. The van der Waals surface area contributed by atoms with Crippen LogP contribution in [-0.2, 0) is 4.79 Å². The van der Waals surface area contributed by atoms with Crippen molar-refractivity contribution < 1.29 is 4.79 Å². The minimum absolute atomic E-state index is 0.332. The molecular weight excluding hydrogens is 238 g/mol. The van der Waals surface area contributed by atoms with Crippen LogP contribution in [0.1, 0.15) is 25.7 Å². The zero-order valence-electron chi connectivity index (χ0n) is 11.5. The quantitative estimate of drug-likeness (QED) is 0.832. The van der Waals surface area contributed by atoms with E-state index in [0.29, 0.717) is 17.9 Å². The SMILES string of the molecule is CN(C(=O)C1CC1)C1CCN(c2ccccn2)CC1. The van der Waals surface area contributed by atoms with E-state index in [2.05, 4.69) is 16.0 Å². The summed E-state index contributed by atoms with van der Waals surface area (Å²) < 4.78 is 0. The number of hydrogen-bond acceptors (Lipinski definition) is 3. The Labute approximate surface area is 114 Å². The molecule has 102 valence electrons. The average molecular weight is 259 g/mol. The first-order chi connectivity index (χ1) is 9.25. The third kappa shape index (κ3) is 2.72. The van der Waals surface area contributed by atoms with E-state index in [1.807, 2.05) is 30.3 Å². The lowest BCUT2D eigenvalue weighted by Gasteiger charge is -2.37. The van der Waals surface area contributed by atoms with Gasteiger partial charge in [-0.05, 0) is 37.8 Å². The number of amides is 1. The van der Waals surface area contributed by atoms with Crippen LogP contribution in [0.25, 0.3) is 0 Å². The van der Waals surface area contributed by atoms with Gasteiger partial charge >= 0.3 is 0 Å². The minimum Gasteiger partial charge on any atom is -0.356 e. The molecule has 1 amide bonds. The molecule has 0 bridgehead atoms. The molecule has 1 aromatic rings. The number of anilines is 1. The van der Waals surface area contributed by atoms with Crippen molar-refractivity contribution in [2.45, 2.75) is 31.7 Å². The van der Waals surface area contributed by atoms with Crippen LogP contribution in [0.4, 0.5) is 5.82 Å². The van der Waals surface area contributed by atoms with Gasteiger partial charge in [0.25, 0.3) is 0 Å². The van der Waals surface area contributed by atoms with E-state index >= 15 is 0 Å². The van der Waals surface area contributed by atoms with Gasteiger partial charge in [0.05, 0.1) is 0 Å². The van der Waals surface area contributed by atoms with Crippen molar-refractivity contribution in [2.24, 2.45) is 5.92 Å².